The maximum atomic E-state index is 10.9. The van der Waals surface area contributed by atoms with Crippen LogP contribution < -0.4 is 20.5 Å². The molecule has 0 radical (unpaired) electrons. The zero-order valence-electron chi connectivity index (χ0n) is 13.7. The van der Waals surface area contributed by atoms with Gasteiger partial charge in [0, 0.05) is 17.5 Å². The van der Waals surface area contributed by atoms with Crippen LogP contribution in [0.5, 0.6) is 11.5 Å². The number of nitrogens with one attached hydrogen (secondary N) is 1. The molecule has 0 saturated carbocycles. The molecule has 0 aliphatic heterocycles. The zero-order chi connectivity index (χ0) is 17.5. The first-order valence-corrected chi connectivity index (χ1v) is 8.85. The standard InChI is InChI=1S/C17H21ClN2O3S/c1-3-13(15-5-4-6-24-15)20-9-11-7-12(18)17(14(8-11)22-2)23-10-16(19)21/h4-8,13,20H,3,9-10H2,1-2H3,(H2,19,21). The third-order valence-electron chi connectivity index (χ3n) is 3.50. The van der Waals surface area contributed by atoms with E-state index in [1.165, 1.54) is 12.0 Å². The molecule has 1 atom stereocenters. The summed E-state index contributed by atoms with van der Waals surface area (Å²) >= 11 is 8.00. The molecule has 130 valence electrons. The van der Waals surface area contributed by atoms with Gasteiger partial charge in [-0.2, -0.15) is 0 Å². The van der Waals surface area contributed by atoms with Crippen LogP contribution in [0.2, 0.25) is 5.02 Å². The minimum absolute atomic E-state index is 0.246. The van der Waals surface area contributed by atoms with E-state index in [2.05, 4.69) is 29.8 Å². The van der Waals surface area contributed by atoms with E-state index in [-0.39, 0.29) is 6.61 Å². The summed E-state index contributed by atoms with van der Waals surface area (Å²) in [6.45, 7) is 2.54. The van der Waals surface area contributed by atoms with Gasteiger partial charge >= 0.3 is 0 Å². The third-order valence-corrected chi connectivity index (χ3v) is 4.76. The Balaban J connectivity index is 2.10. The van der Waals surface area contributed by atoms with Crippen LogP contribution in [0.15, 0.2) is 29.6 Å². The molecule has 0 fully saturated rings. The van der Waals surface area contributed by atoms with Crippen LogP contribution in [0.4, 0.5) is 0 Å². The van der Waals surface area contributed by atoms with Crippen molar-refractivity contribution in [2.75, 3.05) is 13.7 Å². The number of benzene rings is 1. The number of hydrogen-bond acceptors (Lipinski definition) is 5. The Morgan fingerprint density at radius 3 is 2.83 bits per heavy atom. The highest BCUT2D eigenvalue weighted by Crippen LogP contribution is 2.36. The monoisotopic (exact) mass is 368 g/mol. The lowest BCUT2D eigenvalue weighted by Gasteiger charge is -2.17. The number of nitrogens with two attached hydrogens (primary N) is 1. The van der Waals surface area contributed by atoms with Gasteiger partial charge in [0.15, 0.2) is 18.1 Å². The van der Waals surface area contributed by atoms with Gasteiger partial charge in [-0.1, -0.05) is 24.6 Å². The number of amides is 1. The summed E-state index contributed by atoms with van der Waals surface area (Å²) < 4.78 is 10.6. The first-order chi connectivity index (χ1) is 11.5. The van der Waals surface area contributed by atoms with Gasteiger partial charge in [-0.25, -0.2) is 0 Å². The predicted octanol–water partition coefficient (Wildman–Crippen LogP) is 3.52. The molecule has 0 bridgehead atoms. The third kappa shape index (κ3) is 4.87. The van der Waals surface area contributed by atoms with Crippen molar-refractivity contribution >= 4 is 28.8 Å². The molecular formula is C17H21ClN2O3S. The molecule has 2 aromatic rings. The minimum atomic E-state index is -0.569. The molecule has 1 amide bonds. The SMILES string of the molecule is CCC(NCc1cc(Cl)c(OCC(N)=O)c(OC)c1)c1cccs1. The lowest BCUT2D eigenvalue weighted by atomic mass is 10.1. The Labute approximate surface area is 150 Å². The van der Waals surface area contributed by atoms with Crippen molar-refractivity contribution in [2.45, 2.75) is 25.9 Å². The largest absolute Gasteiger partial charge is 0.493 e. The van der Waals surface area contributed by atoms with E-state index < -0.39 is 5.91 Å². The number of primary amides is 1. The smallest absolute Gasteiger partial charge is 0.255 e. The first kappa shape index (κ1) is 18.6. The maximum Gasteiger partial charge on any atom is 0.255 e. The molecule has 5 nitrogen and oxygen atoms in total. The molecule has 3 N–H and O–H groups in total. The molecule has 0 aliphatic carbocycles. The number of halogens is 1. The number of carbonyl (C=O) groups excluding carboxylic acids is 1. The average Bonchev–Trinajstić information content (AvgIpc) is 3.08. The van der Waals surface area contributed by atoms with Gasteiger partial charge in [0.05, 0.1) is 12.1 Å². The van der Waals surface area contributed by atoms with Crippen LogP contribution in [-0.4, -0.2) is 19.6 Å². The number of carbonyl (C=O) groups is 1. The maximum absolute atomic E-state index is 10.9. The Kier molecular flexibility index (Phi) is 6.90. The second-order valence-electron chi connectivity index (χ2n) is 5.22. The highest BCUT2D eigenvalue weighted by atomic mass is 35.5. The van der Waals surface area contributed by atoms with Crippen LogP contribution in [0, 0.1) is 0 Å². The average molecular weight is 369 g/mol. The normalized spacial score (nSPS) is 12.0. The number of thiophene rings is 1. The fourth-order valence-corrected chi connectivity index (χ4v) is 3.51. The van der Waals surface area contributed by atoms with Crippen LogP contribution in [-0.2, 0) is 11.3 Å². The van der Waals surface area contributed by atoms with E-state index >= 15 is 0 Å². The lowest BCUT2D eigenvalue weighted by molar-refractivity contribution is -0.119. The summed E-state index contributed by atoms with van der Waals surface area (Å²) in [4.78, 5) is 12.2. The van der Waals surface area contributed by atoms with Crippen molar-refractivity contribution in [3.8, 4) is 11.5 Å². The van der Waals surface area contributed by atoms with Gasteiger partial charge in [0.2, 0.25) is 0 Å². The Hall–Kier alpha value is -1.76. The fourth-order valence-electron chi connectivity index (χ4n) is 2.34. The Morgan fingerprint density at radius 1 is 1.46 bits per heavy atom. The van der Waals surface area contributed by atoms with Gasteiger partial charge < -0.3 is 20.5 Å². The fraction of sp³-hybridized carbons (Fsp3) is 0.353. The molecule has 1 heterocycles. The summed E-state index contributed by atoms with van der Waals surface area (Å²) in [7, 11) is 1.53. The van der Waals surface area contributed by atoms with Gasteiger partial charge in [0.25, 0.3) is 5.91 Å². The summed E-state index contributed by atoms with van der Waals surface area (Å²) in [6, 6.07) is 8.11. The number of rotatable bonds is 9. The summed E-state index contributed by atoms with van der Waals surface area (Å²) in [5.41, 5.74) is 6.07. The number of ether oxygens (including phenoxy) is 2. The van der Waals surface area contributed by atoms with Crippen molar-refractivity contribution in [3.05, 3.63) is 45.1 Å². The Bertz CT molecular complexity index is 677. The first-order valence-electron chi connectivity index (χ1n) is 7.59. The molecule has 24 heavy (non-hydrogen) atoms. The summed E-state index contributed by atoms with van der Waals surface area (Å²) in [5, 5.41) is 5.98. The second kappa shape index (κ2) is 8.92. The van der Waals surface area contributed by atoms with Crippen molar-refractivity contribution < 1.29 is 14.3 Å². The second-order valence-corrected chi connectivity index (χ2v) is 6.61. The van der Waals surface area contributed by atoms with E-state index in [0.29, 0.717) is 29.1 Å². The lowest BCUT2D eigenvalue weighted by Crippen LogP contribution is -2.21. The molecule has 7 heteroatoms. The molecule has 2 rings (SSSR count). The van der Waals surface area contributed by atoms with Gasteiger partial charge in [-0.3, -0.25) is 4.79 Å². The molecular weight excluding hydrogens is 348 g/mol. The highest BCUT2D eigenvalue weighted by Gasteiger charge is 2.15. The topological polar surface area (TPSA) is 73.6 Å². The predicted molar refractivity (Wildman–Crippen MR) is 96.9 cm³/mol. The highest BCUT2D eigenvalue weighted by molar-refractivity contribution is 7.10. The van der Waals surface area contributed by atoms with Gasteiger partial charge in [-0.15, -0.1) is 11.3 Å². The van der Waals surface area contributed by atoms with Crippen molar-refractivity contribution in [2.24, 2.45) is 5.73 Å². The van der Waals surface area contributed by atoms with Crippen molar-refractivity contribution in [1.29, 1.82) is 0 Å². The van der Waals surface area contributed by atoms with Gasteiger partial charge in [0.1, 0.15) is 0 Å². The molecule has 1 aromatic heterocycles. The van der Waals surface area contributed by atoms with Crippen LogP contribution in [0.3, 0.4) is 0 Å². The molecule has 0 spiro atoms. The number of hydrogen-bond donors (Lipinski definition) is 2. The molecule has 0 saturated heterocycles. The van der Waals surface area contributed by atoms with E-state index in [1.54, 1.807) is 17.4 Å². The van der Waals surface area contributed by atoms with Gasteiger partial charge in [-0.05, 0) is 35.6 Å². The van der Waals surface area contributed by atoms with Crippen LogP contribution in [0.25, 0.3) is 0 Å². The van der Waals surface area contributed by atoms with Crippen molar-refractivity contribution in [3.63, 3.8) is 0 Å². The van der Waals surface area contributed by atoms with E-state index in [9.17, 15) is 4.79 Å². The summed E-state index contributed by atoms with van der Waals surface area (Å²) in [6.07, 6.45) is 0.991. The van der Waals surface area contributed by atoms with Crippen molar-refractivity contribution in [1.82, 2.24) is 5.32 Å². The van der Waals surface area contributed by atoms with Crippen LogP contribution >= 0.6 is 22.9 Å². The summed E-state index contributed by atoms with van der Waals surface area (Å²) in [5.74, 6) is 0.234. The van der Waals surface area contributed by atoms with E-state index in [1.807, 2.05) is 6.07 Å². The number of methoxy groups -OCH3 is 1. The Morgan fingerprint density at radius 2 is 2.25 bits per heavy atom. The molecule has 1 aromatic carbocycles. The minimum Gasteiger partial charge on any atom is -0.493 e. The van der Waals surface area contributed by atoms with E-state index in [0.717, 1.165) is 12.0 Å². The van der Waals surface area contributed by atoms with Crippen LogP contribution in [0.1, 0.15) is 29.8 Å². The zero-order valence-corrected chi connectivity index (χ0v) is 15.2. The molecule has 0 aliphatic rings. The van der Waals surface area contributed by atoms with E-state index in [4.69, 9.17) is 26.8 Å². The molecule has 1 unspecified atom stereocenters. The quantitative estimate of drug-likeness (QED) is 0.710.